The second kappa shape index (κ2) is 7.01. The van der Waals surface area contributed by atoms with E-state index in [0.29, 0.717) is 29.6 Å². The Balaban J connectivity index is 0.00000256. The number of nitrogens with two attached hydrogens (primary N) is 1. The Morgan fingerprint density at radius 3 is 2.47 bits per heavy atom. The van der Waals surface area contributed by atoms with E-state index < -0.39 is 0 Å². The molecule has 0 bridgehead atoms. The molecular formula is C12H19ClN2O2. The summed E-state index contributed by atoms with van der Waals surface area (Å²) in [5.41, 5.74) is 6.03. The third-order valence-corrected chi connectivity index (χ3v) is 2.05. The molecule has 96 valence electrons. The van der Waals surface area contributed by atoms with E-state index in [0.717, 1.165) is 0 Å². The molecule has 17 heavy (non-hydrogen) atoms. The number of hydrogen-bond acceptors (Lipinski definition) is 3. The number of nitrogens with one attached hydrogen (secondary N) is 1. The van der Waals surface area contributed by atoms with Crippen LogP contribution in [-0.4, -0.2) is 19.6 Å². The SMILES string of the molecule is COc1cc(C(=N)N)ccc1OCC(C)C.Cl. The van der Waals surface area contributed by atoms with Gasteiger partial charge in [-0.1, -0.05) is 13.8 Å². The van der Waals surface area contributed by atoms with Crippen molar-refractivity contribution in [3.8, 4) is 11.5 Å². The molecule has 0 aliphatic rings. The number of hydrogen-bond donors (Lipinski definition) is 2. The maximum atomic E-state index is 7.33. The van der Waals surface area contributed by atoms with Gasteiger partial charge in [-0.3, -0.25) is 5.41 Å². The lowest BCUT2D eigenvalue weighted by Gasteiger charge is -2.13. The quantitative estimate of drug-likeness (QED) is 0.630. The van der Waals surface area contributed by atoms with Crippen molar-refractivity contribution in [2.75, 3.05) is 13.7 Å². The van der Waals surface area contributed by atoms with Crippen molar-refractivity contribution >= 4 is 18.2 Å². The molecule has 0 unspecified atom stereocenters. The number of rotatable bonds is 5. The van der Waals surface area contributed by atoms with Crippen LogP contribution in [0.1, 0.15) is 19.4 Å². The molecule has 0 fully saturated rings. The fourth-order valence-electron chi connectivity index (χ4n) is 1.21. The fourth-order valence-corrected chi connectivity index (χ4v) is 1.21. The van der Waals surface area contributed by atoms with Gasteiger partial charge in [0.15, 0.2) is 11.5 Å². The van der Waals surface area contributed by atoms with Crippen LogP contribution in [0.15, 0.2) is 18.2 Å². The summed E-state index contributed by atoms with van der Waals surface area (Å²) in [6, 6.07) is 5.23. The molecule has 0 heterocycles. The second-order valence-electron chi connectivity index (χ2n) is 3.98. The van der Waals surface area contributed by atoms with Gasteiger partial charge >= 0.3 is 0 Å². The van der Waals surface area contributed by atoms with Gasteiger partial charge in [-0.25, -0.2) is 0 Å². The van der Waals surface area contributed by atoms with Crippen LogP contribution in [0.5, 0.6) is 11.5 Å². The Kier molecular flexibility index (Phi) is 6.43. The summed E-state index contributed by atoms with van der Waals surface area (Å²) in [6.07, 6.45) is 0. The first-order chi connectivity index (χ1) is 7.54. The maximum absolute atomic E-state index is 7.33. The van der Waals surface area contributed by atoms with Crippen LogP contribution in [-0.2, 0) is 0 Å². The predicted octanol–water partition coefficient (Wildman–Crippen LogP) is 2.44. The first-order valence-corrected chi connectivity index (χ1v) is 5.19. The van der Waals surface area contributed by atoms with E-state index in [1.54, 1.807) is 25.3 Å². The highest BCUT2D eigenvalue weighted by molar-refractivity contribution is 5.95. The number of amidine groups is 1. The minimum Gasteiger partial charge on any atom is -0.493 e. The van der Waals surface area contributed by atoms with Crippen LogP contribution < -0.4 is 15.2 Å². The Hall–Kier alpha value is -1.42. The van der Waals surface area contributed by atoms with Gasteiger partial charge < -0.3 is 15.2 Å². The molecule has 1 aromatic carbocycles. The summed E-state index contributed by atoms with van der Waals surface area (Å²) in [5, 5.41) is 7.33. The van der Waals surface area contributed by atoms with Crippen molar-refractivity contribution in [2.24, 2.45) is 11.7 Å². The van der Waals surface area contributed by atoms with Crippen LogP contribution in [0.3, 0.4) is 0 Å². The number of methoxy groups -OCH3 is 1. The fraction of sp³-hybridized carbons (Fsp3) is 0.417. The number of nitrogen functional groups attached to an aromatic ring is 1. The van der Waals surface area contributed by atoms with Crippen molar-refractivity contribution in [3.05, 3.63) is 23.8 Å². The molecule has 1 aromatic rings. The topological polar surface area (TPSA) is 68.3 Å². The average Bonchev–Trinajstić information content (AvgIpc) is 2.25. The van der Waals surface area contributed by atoms with Crippen molar-refractivity contribution in [2.45, 2.75) is 13.8 Å². The first kappa shape index (κ1) is 15.6. The van der Waals surface area contributed by atoms with Crippen LogP contribution in [0.2, 0.25) is 0 Å². The summed E-state index contributed by atoms with van der Waals surface area (Å²) in [5.74, 6) is 1.76. The summed E-state index contributed by atoms with van der Waals surface area (Å²) in [6.45, 7) is 4.79. The van der Waals surface area contributed by atoms with Crippen LogP contribution in [0, 0.1) is 11.3 Å². The average molecular weight is 259 g/mol. The molecule has 5 heteroatoms. The van der Waals surface area contributed by atoms with Gasteiger partial charge in [0.25, 0.3) is 0 Å². The third-order valence-electron chi connectivity index (χ3n) is 2.05. The van der Waals surface area contributed by atoms with Crippen molar-refractivity contribution in [1.82, 2.24) is 0 Å². The highest BCUT2D eigenvalue weighted by atomic mass is 35.5. The van der Waals surface area contributed by atoms with Crippen molar-refractivity contribution < 1.29 is 9.47 Å². The van der Waals surface area contributed by atoms with E-state index in [1.165, 1.54) is 0 Å². The molecule has 0 aromatic heterocycles. The van der Waals surface area contributed by atoms with Gasteiger partial charge in [-0.15, -0.1) is 12.4 Å². The normalized spacial score (nSPS) is 9.65. The van der Waals surface area contributed by atoms with Crippen LogP contribution in [0.4, 0.5) is 0 Å². The minimum absolute atomic E-state index is 0. The van der Waals surface area contributed by atoms with Crippen LogP contribution in [0.25, 0.3) is 0 Å². The van der Waals surface area contributed by atoms with Crippen LogP contribution >= 0.6 is 12.4 Å². The van der Waals surface area contributed by atoms with Gasteiger partial charge in [-0.05, 0) is 24.1 Å². The lowest BCUT2D eigenvalue weighted by molar-refractivity contribution is 0.257. The molecule has 0 saturated carbocycles. The Morgan fingerprint density at radius 2 is 2.00 bits per heavy atom. The molecule has 0 radical (unpaired) electrons. The van der Waals surface area contributed by atoms with E-state index in [1.807, 2.05) is 0 Å². The minimum atomic E-state index is 0. The molecule has 1 rings (SSSR count). The van der Waals surface area contributed by atoms with Crippen molar-refractivity contribution in [3.63, 3.8) is 0 Å². The van der Waals surface area contributed by atoms with Gasteiger partial charge in [-0.2, -0.15) is 0 Å². The summed E-state index contributed by atoms with van der Waals surface area (Å²) in [4.78, 5) is 0. The Bertz CT molecular complexity index is 381. The Morgan fingerprint density at radius 1 is 1.35 bits per heavy atom. The predicted molar refractivity (Wildman–Crippen MR) is 71.6 cm³/mol. The molecule has 0 amide bonds. The standard InChI is InChI=1S/C12H18N2O2.ClH/c1-8(2)7-16-10-5-4-9(12(13)14)6-11(10)15-3;/h4-6,8H,7H2,1-3H3,(H3,13,14);1H. The maximum Gasteiger partial charge on any atom is 0.161 e. The van der Waals surface area contributed by atoms with E-state index in [9.17, 15) is 0 Å². The zero-order valence-electron chi connectivity index (χ0n) is 10.3. The molecule has 0 saturated heterocycles. The molecule has 0 atom stereocenters. The van der Waals surface area contributed by atoms with Gasteiger partial charge in [0.05, 0.1) is 13.7 Å². The number of halogens is 1. The van der Waals surface area contributed by atoms with Crippen molar-refractivity contribution in [1.29, 1.82) is 5.41 Å². The highest BCUT2D eigenvalue weighted by Gasteiger charge is 2.07. The summed E-state index contributed by atoms with van der Waals surface area (Å²) >= 11 is 0. The molecule has 0 spiro atoms. The highest BCUT2D eigenvalue weighted by Crippen LogP contribution is 2.28. The Labute approximate surface area is 108 Å². The lowest BCUT2D eigenvalue weighted by atomic mass is 10.2. The molecule has 3 N–H and O–H groups in total. The lowest BCUT2D eigenvalue weighted by Crippen LogP contribution is -2.11. The monoisotopic (exact) mass is 258 g/mol. The summed E-state index contributed by atoms with van der Waals surface area (Å²) < 4.78 is 10.8. The zero-order chi connectivity index (χ0) is 12.1. The second-order valence-corrected chi connectivity index (χ2v) is 3.98. The smallest absolute Gasteiger partial charge is 0.161 e. The van der Waals surface area contributed by atoms with E-state index >= 15 is 0 Å². The van der Waals surface area contributed by atoms with Gasteiger partial charge in [0.1, 0.15) is 5.84 Å². The molecule has 0 aliphatic carbocycles. The van der Waals surface area contributed by atoms with E-state index in [2.05, 4.69) is 13.8 Å². The zero-order valence-corrected chi connectivity index (χ0v) is 11.1. The first-order valence-electron chi connectivity index (χ1n) is 5.19. The van der Waals surface area contributed by atoms with E-state index in [-0.39, 0.29) is 18.2 Å². The number of ether oxygens (including phenoxy) is 2. The van der Waals surface area contributed by atoms with Gasteiger partial charge in [0, 0.05) is 5.56 Å². The molecular weight excluding hydrogens is 240 g/mol. The van der Waals surface area contributed by atoms with E-state index in [4.69, 9.17) is 20.6 Å². The third kappa shape index (κ3) is 4.53. The molecule has 0 aliphatic heterocycles. The summed E-state index contributed by atoms with van der Waals surface area (Å²) in [7, 11) is 1.57. The number of benzene rings is 1. The largest absolute Gasteiger partial charge is 0.493 e. The molecule has 4 nitrogen and oxygen atoms in total. The van der Waals surface area contributed by atoms with Gasteiger partial charge in [0.2, 0.25) is 0 Å².